The average Bonchev–Trinajstić information content (AvgIpc) is 2.95. The van der Waals surface area contributed by atoms with Gasteiger partial charge in [-0.15, -0.1) is 0 Å². The molecule has 0 radical (unpaired) electrons. The molecule has 0 bridgehead atoms. The SMILES string of the molecule is CCC(CC(=O)OC(OC(=O)C(N)C(C)C)C(C)C)c1ccc(N(CC(C)C)CC(C)C)c(NC(=O)Nc2ccc(C)cc2)c1. The van der Waals surface area contributed by atoms with Gasteiger partial charge in [-0.2, -0.15) is 0 Å². The van der Waals surface area contributed by atoms with Crippen molar-refractivity contribution in [3.8, 4) is 0 Å². The molecule has 2 aromatic rings. The molecule has 9 nitrogen and oxygen atoms in total. The van der Waals surface area contributed by atoms with Gasteiger partial charge >= 0.3 is 18.0 Å². The highest BCUT2D eigenvalue weighted by molar-refractivity contribution is 6.02. The number of aryl methyl sites for hydroxylation is 1. The van der Waals surface area contributed by atoms with Crippen molar-refractivity contribution >= 4 is 35.0 Å². The number of carbonyl (C=O) groups is 3. The van der Waals surface area contributed by atoms with Crippen molar-refractivity contribution in [1.29, 1.82) is 0 Å². The number of anilines is 3. The van der Waals surface area contributed by atoms with Crippen molar-refractivity contribution in [3.05, 3.63) is 53.6 Å². The average molecular weight is 625 g/mol. The summed E-state index contributed by atoms with van der Waals surface area (Å²) in [5, 5.41) is 6.01. The number of rotatable bonds is 16. The summed E-state index contributed by atoms with van der Waals surface area (Å²) in [4.78, 5) is 41.2. The molecule has 4 N–H and O–H groups in total. The van der Waals surface area contributed by atoms with Crippen LogP contribution >= 0.6 is 0 Å². The van der Waals surface area contributed by atoms with Crippen LogP contribution in [0.15, 0.2) is 42.5 Å². The summed E-state index contributed by atoms with van der Waals surface area (Å²) in [5.74, 6) is -0.769. The maximum absolute atomic E-state index is 13.2. The van der Waals surface area contributed by atoms with E-state index in [2.05, 4.69) is 43.2 Å². The van der Waals surface area contributed by atoms with Gasteiger partial charge in [-0.05, 0) is 66.8 Å². The maximum atomic E-state index is 13.2. The lowest BCUT2D eigenvalue weighted by Gasteiger charge is -2.31. The number of hydrogen-bond acceptors (Lipinski definition) is 7. The first kappa shape index (κ1) is 37.6. The molecule has 2 rings (SSSR count). The quantitative estimate of drug-likeness (QED) is 0.129. The third-order valence-electron chi connectivity index (χ3n) is 7.48. The van der Waals surface area contributed by atoms with Crippen molar-refractivity contribution in [2.75, 3.05) is 28.6 Å². The van der Waals surface area contributed by atoms with E-state index in [1.165, 1.54) is 0 Å². The van der Waals surface area contributed by atoms with Crippen LogP contribution in [0.3, 0.4) is 0 Å². The summed E-state index contributed by atoms with van der Waals surface area (Å²) in [6.45, 7) is 21.7. The first-order valence-electron chi connectivity index (χ1n) is 16.3. The van der Waals surface area contributed by atoms with E-state index in [1.807, 2.05) is 84.0 Å². The van der Waals surface area contributed by atoms with Gasteiger partial charge in [-0.25, -0.2) is 4.79 Å². The van der Waals surface area contributed by atoms with Crippen LogP contribution in [-0.4, -0.2) is 43.4 Å². The fourth-order valence-corrected chi connectivity index (χ4v) is 4.90. The zero-order valence-corrected chi connectivity index (χ0v) is 29.0. The van der Waals surface area contributed by atoms with E-state index < -0.39 is 24.3 Å². The Labute approximate surface area is 270 Å². The van der Waals surface area contributed by atoms with E-state index in [0.717, 1.165) is 29.9 Å². The van der Waals surface area contributed by atoms with Gasteiger partial charge in [0.25, 0.3) is 0 Å². The highest BCUT2D eigenvalue weighted by Crippen LogP contribution is 2.34. The van der Waals surface area contributed by atoms with E-state index in [-0.39, 0.29) is 30.2 Å². The fraction of sp³-hybridized carbons (Fsp3) is 0.583. The van der Waals surface area contributed by atoms with Gasteiger partial charge in [0.1, 0.15) is 6.04 Å². The van der Waals surface area contributed by atoms with Crippen LogP contribution in [0.2, 0.25) is 0 Å². The van der Waals surface area contributed by atoms with Crippen molar-refractivity contribution in [1.82, 2.24) is 0 Å². The summed E-state index contributed by atoms with van der Waals surface area (Å²) in [6, 6.07) is 12.5. The van der Waals surface area contributed by atoms with E-state index in [4.69, 9.17) is 15.2 Å². The van der Waals surface area contributed by atoms with Gasteiger partial charge in [-0.1, -0.05) is 86.1 Å². The monoisotopic (exact) mass is 624 g/mol. The number of nitrogens with zero attached hydrogens (tertiary/aromatic N) is 1. The predicted octanol–water partition coefficient (Wildman–Crippen LogP) is 7.69. The first-order valence-corrected chi connectivity index (χ1v) is 16.3. The van der Waals surface area contributed by atoms with Crippen LogP contribution in [-0.2, 0) is 19.1 Å². The Morgan fingerprint density at radius 3 is 1.93 bits per heavy atom. The number of benzene rings is 2. The van der Waals surface area contributed by atoms with Crippen LogP contribution < -0.4 is 21.3 Å². The van der Waals surface area contributed by atoms with Crippen molar-refractivity contribution < 1.29 is 23.9 Å². The summed E-state index contributed by atoms with van der Waals surface area (Å²) < 4.78 is 11.1. The molecule has 3 unspecified atom stereocenters. The number of nitrogens with two attached hydrogens (primary N) is 1. The van der Waals surface area contributed by atoms with Crippen molar-refractivity contribution in [2.24, 2.45) is 29.4 Å². The van der Waals surface area contributed by atoms with Crippen molar-refractivity contribution in [2.45, 2.75) is 100 Å². The maximum Gasteiger partial charge on any atom is 0.326 e. The Morgan fingerprint density at radius 1 is 0.822 bits per heavy atom. The molecule has 0 aliphatic heterocycles. The van der Waals surface area contributed by atoms with Gasteiger partial charge in [0.05, 0.1) is 17.8 Å². The van der Waals surface area contributed by atoms with Crippen LogP contribution in [0.5, 0.6) is 0 Å². The van der Waals surface area contributed by atoms with Crippen LogP contribution in [0, 0.1) is 30.6 Å². The number of carbonyl (C=O) groups excluding carboxylic acids is 3. The molecule has 0 saturated carbocycles. The molecule has 3 atom stereocenters. The van der Waals surface area contributed by atoms with Crippen LogP contribution in [0.25, 0.3) is 0 Å². The molecule has 45 heavy (non-hydrogen) atoms. The Hall–Kier alpha value is -3.59. The number of amides is 2. The molecule has 2 aromatic carbocycles. The molecule has 0 fully saturated rings. The molecule has 250 valence electrons. The third-order valence-corrected chi connectivity index (χ3v) is 7.48. The molecule has 0 aliphatic carbocycles. The number of urea groups is 1. The predicted molar refractivity (Wildman–Crippen MR) is 183 cm³/mol. The Morgan fingerprint density at radius 2 is 1.42 bits per heavy atom. The lowest BCUT2D eigenvalue weighted by Crippen LogP contribution is -2.41. The summed E-state index contributed by atoms with van der Waals surface area (Å²) in [5.41, 5.74) is 10.2. The molecule has 0 saturated heterocycles. The van der Waals surface area contributed by atoms with E-state index >= 15 is 0 Å². The van der Waals surface area contributed by atoms with E-state index in [1.54, 1.807) is 0 Å². The normalized spacial score (nSPS) is 13.5. The number of nitrogens with one attached hydrogen (secondary N) is 2. The molecule has 2 amide bonds. The zero-order chi connectivity index (χ0) is 33.8. The molecular formula is C36H56N4O5. The first-order chi connectivity index (χ1) is 21.1. The smallest absolute Gasteiger partial charge is 0.326 e. The molecule has 0 spiro atoms. The van der Waals surface area contributed by atoms with Crippen LogP contribution in [0.1, 0.15) is 92.2 Å². The van der Waals surface area contributed by atoms with E-state index in [0.29, 0.717) is 29.6 Å². The number of hydrogen-bond donors (Lipinski definition) is 3. The lowest BCUT2D eigenvalue weighted by molar-refractivity contribution is -0.197. The second-order valence-electron chi connectivity index (χ2n) is 13.5. The third kappa shape index (κ3) is 12.4. The molecule has 0 heterocycles. The minimum atomic E-state index is -1.03. The number of ether oxygens (including phenoxy) is 2. The second-order valence-corrected chi connectivity index (χ2v) is 13.5. The minimum absolute atomic E-state index is 0.0869. The standard InChI is InChI=1S/C36H56N4O5/c1-11-27(19-32(41)44-35(25(8)9)45-34(42)33(37)24(6)7)28-14-17-31(40(20-22(2)3)21-23(4)5)30(18-28)39-36(43)38-29-15-12-26(10)13-16-29/h12-18,22-25,27,33,35H,11,19-21,37H2,1-10H3,(H2,38,39,43). The van der Waals surface area contributed by atoms with Gasteiger partial charge in [-0.3, -0.25) is 9.59 Å². The summed E-state index contributed by atoms with van der Waals surface area (Å²) in [6.07, 6.45) is -0.281. The van der Waals surface area contributed by atoms with Crippen molar-refractivity contribution in [3.63, 3.8) is 0 Å². The number of esters is 2. The highest BCUT2D eigenvalue weighted by Gasteiger charge is 2.28. The summed E-state index contributed by atoms with van der Waals surface area (Å²) >= 11 is 0. The lowest BCUT2D eigenvalue weighted by atomic mass is 9.92. The van der Waals surface area contributed by atoms with Gasteiger partial charge in [0, 0.05) is 24.7 Å². The van der Waals surface area contributed by atoms with Crippen LogP contribution in [0.4, 0.5) is 21.9 Å². The van der Waals surface area contributed by atoms with Gasteiger partial charge < -0.3 is 30.7 Å². The Bertz CT molecular complexity index is 1230. The molecule has 0 aliphatic rings. The topological polar surface area (TPSA) is 123 Å². The zero-order valence-electron chi connectivity index (χ0n) is 29.0. The fourth-order valence-electron chi connectivity index (χ4n) is 4.90. The molecule has 9 heteroatoms. The van der Waals surface area contributed by atoms with Gasteiger partial charge in [0.15, 0.2) is 0 Å². The Balaban J connectivity index is 2.35. The molecule has 0 aromatic heterocycles. The Kier molecular flexibility index (Phi) is 14.9. The highest BCUT2D eigenvalue weighted by atomic mass is 16.7. The summed E-state index contributed by atoms with van der Waals surface area (Å²) in [7, 11) is 0. The van der Waals surface area contributed by atoms with E-state index in [9.17, 15) is 14.4 Å². The largest absolute Gasteiger partial charge is 0.425 e. The minimum Gasteiger partial charge on any atom is -0.425 e. The molecular weight excluding hydrogens is 568 g/mol. The van der Waals surface area contributed by atoms with Gasteiger partial charge in [0.2, 0.25) is 6.29 Å². The second kappa shape index (κ2) is 17.8.